The summed E-state index contributed by atoms with van der Waals surface area (Å²) < 4.78 is 30.8. The van der Waals surface area contributed by atoms with Gasteiger partial charge in [0, 0.05) is 26.2 Å². The van der Waals surface area contributed by atoms with E-state index in [1.165, 1.54) is 25.0 Å². The number of hydrogen-bond acceptors (Lipinski definition) is 4. The Balaban J connectivity index is 1.43. The normalized spacial score (nSPS) is 22.0. The molecule has 2 fully saturated rings. The summed E-state index contributed by atoms with van der Waals surface area (Å²) in [7, 11) is 0. The average Bonchev–Trinajstić information content (AvgIpc) is 2.78. The largest absolute Gasteiger partial charge is 0.489 e. The summed E-state index contributed by atoms with van der Waals surface area (Å²) in [4.78, 5) is 7.06. The highest BCUT2D eigenvalue weighted by Crippen LogP contribution is 2.18. The average molecular weight is 422 g/mol. The van der Waals surface area contributed by atoms with Gasteiger partial charge in [-0.2, -0.15) is 0 Å². The van der Waals surface area contributed by atoms with Crippen LogP contribution in [-0.4, -0.2) is 68.6 Å². The van der Waals surface area contributed by atoms with Crippen molar-refractivity contribution in [2.45, 2.75) is 64.3 Å². The number of benzene rings is 1. The minimum absolute atomic E-state index is 0.0968. The van der Waals surface area contributed by atoms with Crippen LogP contribution in [0.15, 0.2) is 29.3 Å². The topological polar surface area (TPSA) is 55.3 Å². The molecule has 2 saturated heterocycles. The van der Waals surface area contributed by atoms with Crippen molar-refractivity contribution in [3.63, 3.8) is 0 Å². The molecule has 2 unspecified atom stereocenters. The Morgan fingerprint density at radius 2 is 2.00 bits per heavy atom. The van der Waals surface area contributed by atoms with E-state index in [1.807, 2.05) is 6.92 Å². The van der Waals surface area contributed by atoms with Crippen LogP contribution in [0.5, 0.6) is 5.75 Å². The summed E-state index contributed by atoms with van der Waals surface area (Å²) in [5, 5.41) is 3.39. The van der Waals surface area contributed by atoms with Crippen molar-refractivity contribution in [2.75, 3.05) is 39.4 Å². The number of nitrogens with zero attached hydrogens (tertiary/aromatic N) is 2. The standard InChI is InChI=1S/C23H36FN3O3/c1-3-25-23(26-16-18(2)30-21-9-7-19(24)8-10-21)27-13-11-20(12-14-27)29-17-22-6-4-5-15-28-22/h7-10,18,20,22H,3-6,11-17H2,1-2H3,(H,25,26). The van der Waals surface area contributed by atoms with Gasteiger partial charge in [-0.25, -0.2) is 9.38 Å². The third-order valence-electron chi connectivity index (χ3n) is 5.52. The first-order valence-electron chi connectivity index (χ1n) is 11.3. The second-order valence-corrected chi connectivity index (χ2v) is 8.09. The van der Waals surface area contributed by atoms with Gasteiger partial charge in [0.1, 0.15) is 17.7 Å². The quantitative estimate of drug-likeness (QED) is 0.513. The molecule has 2 aliphatic rings. The molecule has 0 bridgehead atoms. The molecule has 0 amide bonds. The van der Waals surface area contributed by atoms with Crippen LogP contribution in [0.2, 0.25) is 0 Å². The van der Waals surface area contributed by atoms with E-state index >= 15 is 0 Å². The van der Waals surface area contributed by atoms with E-state index in [2.05, 4.69) is 17.1 Å². The minimum Gasteiger partial charge on any atom is -0.489 e. The van der Waals surface area contributed by atoms with E-state index in [1.54, 1.807) is 12.1 Å². The molecule has 0 aromatic heterocycles. The fraction of sp³-hybridized carbons (Fsp3) is 0.696. The predicted molar refractivity (Wildman–Crippen MR) is 117 cm³/mol. The third-order valence-corrected chi connectivity index (χ3v) is 5.52. The molecule has 2 atom stereocenters. The number of likely N-dealkylation sites (tertiary alicyclic amines) is 1. The highest BCUT2D eigenvalue weighted by molar-refractivity contribution is 5.80. The molecule has 0 spiro atoms. The Bertz CT molecular complexity index is 642. The second-order valence-electron chi connectivity index (χ2n) is 8.09. The Labute approximate surface area is 179 Å². The number of aliphatic imine (C=N–C) groups is 1. The molecular formula is C23H36FN3O3. The van der Waals surface area contributed by atoms with E-state index in [9.17, 15) is 4.39 Å². The maximum absolute atomic E-state index is 13.0. The molecule has 3 rings (SSSR count). The Hall–Kier alpha value is -1.86. The SMILES string of the molecule is CCNC(=NCC(C)Oc1ccc(F)cc1)N1CCC(OCC2CCCCO2)CC1. The summed E-state index contributed by atoms with van der Waals surface area (Å²) in [6, 6.07) is 6.10. The van der Waals surface area contributed by atoms with Crippen molar-refractivity contribution in [2.24, 2.45) is 4.99 Å². The highest BCUT2D eigenvalue weighted by atomic mass is 19.1. The molecule has 0 aliphatic carbocycles. The van der Waals surface area contributed by atoms with Crippen molar-refractivity contribution < 1.29 is 18.6 Å². The van der Waals surface area contributed by atoms with Gasteiger partial charge in [0.25, 0.3) is 0 Å². The fourth-order valence-corrected chi connectivity index (χ4v) is 3.84. The zero-order valence-electron chi connectivity index (χ0n) is 18.3. The van der Waals surface area contributed by atoms with Crippen LogP contribution in [0.4, 0.5) is 4.39 Å². The number of guanidine groups is 1. The summed E-state index contributed by atoms with van der Waals surface area (Å²) in [5.41, 5.74) is 0. The van der Waals surface area contributed by atoms with Crippen molar-refractivity contribution >= 4 is 5.96 Å². The van der Waals surface area contributed by atoms with E-state index in [4.69, 9.17) is 19.2 Å². The lowest BCUT2D eigenvalue weighted by Crippen LogP contribution is -2.47. The van der Waals surface area contributed by atoms with Crippen LogP contribution in [-0.2, 0) is 9.47 Å². The molecule has 1 aromatic carbocycles. The highest BCUT2D eigenvalue weighted by Gasteiger charge is 2.24. The smallest absolute Gasteiger partial charge is 0.194 e. The lowest BCUT2D eigenvalue weighted by molar-refractivity contribution is -0.0721. The molecule has 2 aliphatic heterocycles. The zero-order chi connectivity index (χ0) is 21.2. The first kappa shape index (κ1) is 22.8. The Kier molecular flexibility index (Phi) is 9.21. The van der Waals surface area contributed by atoms with E-state index in [0.29, 0.717) is 18.4 Å². The van der Waals surface area contributed by atoms with Gasteiger partial charge >= 0.3 is 0 Å². The molecule has 30 heavy (non-hydrogen) atoms. The monoisotopic (exact) mass is 421 g/mol. The second kappa shape index (κ2) is 12.1. The Morgan fingerprint density at radius 1 is 1.23 bits per heavy atom. The zero-order valence-corrected chi connectivity index (χ0v) is 18.3. The maximum Gasteiger partial charge on any atom is 0.194 e. The van der Waals surface area contributed by atoms with Crippen LogP contribution in [0.1, 0.15) is 46.0 Å². The maximum atomic E-state index is 13.0. The molecule has 0 saturated carbocycles. The fourth-order valence-electron chi connectivity index (χ4n) is 3.84. The van der Waals surface area contributed by atoms with E-state index in [-0.39, 0.29) is 18.0 Å². The summed E-state index contributed by atoms with van der Waals surface area (Å²) >= 11 is 0. The molecule has 2 heterocycles. The van der Waals surface area contributed by atoms with Crippen molar-refractivity contribution in [3.05, 3.63) is 30.1 Å². The number of ether oxygens (including phenoxy) is 3. The molecule has 1 aromatic rings. The van der Waals surface area contributed by atoms with Gasteiger partial charge in [0.05, 0.1) is 25.4 Å². The third kappa shape index (κ3) is 7.43. The first-order chi connectivity index (χ1) is 14.6. The number of piperidine rings is 1. The predicted octanol–water partition coefficient (Wildman–Crippen LogP) is 3.61. The Morgan fingerprint density at radius 3 is 2.67 bits per heavy atom. The van der Waals surface area contributed by atoms with Crippen LogP contribution in [0, 0.1) is 5.82 Å². The van der Waals surface area contributed by atoms with Gasteiger partial charge in [0.2, 0.25) is 0 Å². The molecule has 168 valence electrons. The van der Waals surface area contributed by atoms with E-state index < -0.39 is 0 Å². The lowest BCUT2D eigenvalue weighted by atomic mass is 10.1. The number of halogens is 1. The van der Waals surface area contributed by atoms with Gasteiger partial charge in [-0.15, -0.1) is 0 Å². The van der Waals surface area contributed by atoms with Crippen LogP contribution in [0.25, 0.3) is 0 Å². The number of nitrogens with one attached hydrogen (secondary N) is 1. The number of hydrogen-bond donors (Lipinski definition) is 1. The minimum atomic E-state index is -0.263. The molecule has 7 heteroatoms. The molecule has 6 nitrogen and oxygen atoms in total. The van der Waals surface area contributed by atoms with Crippen molar-refractivity contribution in [1.82, 2.24) is 10.2 Å². The summed E-state index contributed by atoms with van der Waals surface area (Å²) in [5.74, 6) is 1.31. The van der Waals surface area contributed by atoms with Gasteiger partial charge in [0.15, 0.2) is 5.96 Å². The molecule has 1 N–H and O–H groups in total. The summed E-state index contributed by atoms with van der Waals surface area (Å²) in [6.45, 7) is 8.86. The van der Waals surface area contributed by atoms with Gasteiger partial charge in [-0.05, 0) is 70.2 Å². The van der Waals surface area contributed by atoms with Gasteiger partial charge < -0.3 is 24.4 Å². The lowest BCUT2D eigenvalue weighted by Gasteiger charge is -2.35. The van der Waals surface area contributed by atoms with Crippen LogP contribution >= 0.6 is 0 Å². The number of rotatable bonds is 8. The van der Waals surface area contributed by atoms with Gasteiger partial charge in [-0.1, -0.05) is 0 Å². The van der Waals surface area contributed by atoms with Gasteiger partial charge in [-0.3, -0.25) is 0 Å². The van der Waals surface area contributed by atoms with Crippen LogP contribution < -0.4 is 10.1 Å². The summed E-state index contributed by atoms with van der Waals surface area (Å²) in [6.07, 6.45) is 6.02. The van der Waals surface area contributed by atoms with Crippen LogP contribution in [0.3, 0.4) is 0 Å². The van der Waals surface area contributed by atoms with Crippen molar-refractivity contribution in [3.8, 4) is 5.75 Å². The van der Waals surface area contributed by atoms with E-state index in [0.717, 1.165) is 58.1 Å². The molecule has 0 radical (unpaired) electrons. The van der Waals surface area contributed by atoms with Crippen molar-refractivity contribution in [1.29, 1.82) is 0 Å². The first-order valence-corrected chi connectivity index (χ1v) is 11.3. The molecular weight excluding hydrogens is 385 g/mol.